The summed E-state index contributed by atoms with van der Waals surface area (Å²) in [4.78, 5) is 2.37. The van der Waals surface area contributed by atoms with E-state index in [4.69, 9.17) is 6.42 Å². The highest BCUT2D eigenvalue weighted by molar-refractivity contribution is 4.95. The molecule has 0 spiro atoms. The van der Waals surface area contributed by atoms with E-state index < -0.39 is 0 Å². The van der Waals surface area contributed by atoms with Crippen LogP contribution < -0.4 is 5.32 Å². The standard InChI is InChI=1S/C10H16N2/c1-2-6-12-7-5-11-10(8-12)9-3-4-9/h1,9-11H,3-8H2. The zero-order valence-corrected chi connectivity index (χ0v) is 7.42. The highest BCUT2D eigenvalue weighted by Gasteiger charge is 2.33. The van der Waals surface area contributed by atoms with Crippen molar-refractivity contribution in [2.45, 2.75) is 18.9 Å². The molecular formula is C10H16N2. The van der Waals surface area contributed by atoms with Crippen LogP contribution in [0.4, 0.5) is 0 Å². The molecule has 0 aromatic heterocycles. The van der Waals surface area contributed by atoms with Crippen LogP contribution in [-0.2, 0) is 0 Å². The van der Waals surface area contributed by atoms with Gasteiger partial charge in [0.25, 0.3) is 0 Å². The molecule has 1 atom stereocenters. The van der Waals surface area contributed by atoms with Gasteiger partial charge in [0.1, 0.15) is 0 Å². The summed E-state index contributed by atoms with van der Waals surface area (Å²) in [5.74, 6) is 3.67. The van der Waals surface area contributed by atoms with Crippen molar-refractivity contribution >= 4 is 0 Å². The first-order valence-corrected chi connectivity index (χ1v) is 4.79. The molecule has 0 aromatic carbocycles. The Morgan fingerprint density at radius 3 is 3.00 bits per heavy atom. The average Bonchev–Trinajstić information content (AvgIpc) is 2.88. The molecule has 2 heteroatoms. The molecular weight excluding hydrogens is 148 g/mol. The van der Waals surface area contributed by atoms with Crippen molar-refractivity contribution in [3.63, 3.8) is 0 Å². The number of piperazine rings is 1. The molecule has 0 radical (unpaired) electrons. The summed E-state index contributed by atoms with van der Waals surface area (Å²) in [6.45, 7) is 4.22. The van der Waals surface area contributed by atoms with Crippen molar-refractivity contribution in [2.24, 2.45) is 5.92 Å². The van der Waals surface area contributed by atoms with Crippen LogP contribution in [0.3, 0.4) is 0 Å². The predicted octanol–water partition coefficient (Wildman–Crippen LogP) is 0.303. The highest BCUT2D eigenvalue weighted by atomic mass is 15.2. The number of nitrogens with zero attached hydrogens (tertiary/aromatic N) is 1. The Morgan fingerprint density at radius 2 is 2.33 bits per heavy atom. The summed E-state index contributed by atoms with van der Waals surface area (Å²) in [7, 11) is 0. The van der Waals surface area contributed by atoms with E-state index in [-0.39, 0.29) is 0 Å². The SMILES string of the molecule is C#CCN1CCNC(C2CC2)C1. The molecule has 1 saturated heterocycles. The minimum Gasteiger partial charge on any atom is -0.311 e. The van der Waals surface area contributed by atoms with Crippen LogP contribution in [-0.4, -0.2) is 37.1 Å². The average molecular weight is 164 g/mol. The van der Waals surface area contributed by atoms with Crippen LogP contribution in [0.2, 0.25) is 0 Å². The molecule has 2 nitrogen and oxygen atoms in total. The fourth-order valence-electron chi connectivity index (χ4n) is 1.93. The third-order valence-corrected chi connectivity index (χ3v) is 2.80. The van der Waals surface area contributed by atoms with Crippen molar-refractivity contribution in [1.82, 2.24) is 10.2 Å². The lowest BCUT2D eigenvalue weighted by Gasteiger charge is -2.32. The predicted molar refractivity (Wildman–Crippen MR) is 49.8 cm³/mol. The number of terminal acetylenes is 1. The molecule has 1 aliphatic heterocycles. The Morgan fingerprint density at radius 1 is 1.50 bits per heavy atom. The molecule has 1 N–H and O–H groups in total. The molecule has 0 aromatic rings. The van der Waals surface area contributed by atoms with Crippen molar-refractivity contribution in [3.05, 3.63) is 0 Å². The Kier molecular flexibility index (Phi) is 2.34. The van der Waals surface area contributed by atoms with Gasteiger partial charge in [0, 0.05) is 25.7 Å². The monoisotopic (exact) mass is 164 g/mol. The molecule has 1 saturated carbocycles. The lowest BCUT2D eigenvalue weighted by molar-refractivity contribution is 0.208. The Hall–Kier alpha value is -0.520. The minimum absolute atomic E-state index is 0.729. The maximum Gasteiger partial charge on any atom is 0.0599 e. The van der Waals surface area contributed by atoms with Gasteiger partial charge in [-0.15, -0.1) is 6.42 Å². The van der Waals surface area contributed by atoms with E-state index in [0.717, 1.165) is 38.1 Å². The van der Waals surface area contributed by atoms with Crippen molar-refractivity contribution in [3.8, 4) is 12.3 Å². The zero-order valence-electron chi connectivity index (χ0n) is 7.42. The maximum atomic E-state index is 5.28. The van der Waals surface area contributed by atoms with Crippen LogP contribution in [0.25, 0.3) is 0 Å². The summed E-state index contributed by atoms with van der Waals surface area (Å²) >= 11 is 0. The van der Waals surface area contributed by atoms with Crippen LogP contribution in [0.15, 0.2) is 0 Å². The molecule has 1 aliphatic carbocycles. The van der Waals surface area contributed by atoms with E-state index in [1.807, 2.05) is 0 Å². The van der Waals surface area contributed by atoms with E-state index in [1.54, 1.807) is 0 Å². The summed E-state index contributed by atoms with van der Waals surface area (Å²) in [6.07, 6.45) is 8.12. The summed E-state index contributed by atoms with van der Waals surface area (Å²) in [5, 5.41) is 3.56. The molecule has 0 bridgehead atoms. The molecule has 0 amide bonds. The molecule has 2 rings (SSSR count). The quantitative estimate of drug-likeness (QED) is 0.591. The second-order valence-electron chi connectivity index (χ2n) is 3.84. The number of hydrogen-bond acceptors (Lipinski definition) is 2. The minimum atomic E-state index is 0.729. The maximum absolute atomic E-state index is 5.28. The van der Waals surface area contributed by atoms with E-state index >= 15 is 0 Å². The van der Waals surface area contributed by atoms with E-state index in [9.17, 15) is 0 Å². The topological polar surface area (TPSA) is 15.3 Å². The zero-order chi connectivity index (χ0) is 8.39. The second-order valence-corrected chi connectivity index (χ2v) is 3.84. The number of hydrogen-bond donors (Lipinski definition) is 1. The first-order chi connectivity index (χ1) is 5.90. The van der Waals surface area contributed by atoms with Crippen molar-refractivity contribution in [2.75, 3.05) is 26.2 Å². The molecule has 66 valence electrons. The first kappa shape index (κ1) is 8.10. The third kappa shape index (κ3) is 1.80. The van der Waals surface area contributed by atoms with E-state index in [2.05, 4.69) is 16.1 Å². The Bertz CT molecular complexity index is 191. The van der Waals surface area contributed by atoms with Gasteiger partial charge in [0.2, 0.25) is 0 Å². The lowest BCUT2D eigenvalue weighted by Crippen LogP contribution is -2.51. The molecule has 1 unspecified atom stereocenters. The number of rotatable bonds is 2. The summed E-state index contributed by atoms with van der Waals surface area (Å²) < 4.78 is 0. The Labute approximate surface area is 74.3 Å². The fourth-order valence-corrected chi connectivity index (χ4v) is 1.93. The lowest BCUT2D eigenvalue weighted by atomic mass is 10.1. The largest absolute Gasteiger partial charge is 0.311 e. The summed E-state index contributed by atoms with van der Waals surface area (Å²) in [6, 6.07) is 0.729. The van der Waals surface area contributed by atoms with Crippen molar-refractivity contribution in [1.29, 1.82) is 0 Å². The van der Waals surface area contributed by atoms with Gasteiger partial charge >= 0.3 is 0 Å². The molecule has 2 fully saturated rings. The smallest absolute Gasteiger partial charge is 0.0599 e. The first-order valence-electron chi connectivity index (χ1n) is 4.79. The van der Waals surface area contributed by atoms with Crippen LogP contribution in [0, 0.1) is 18.3 Å². The van der Waals surface area contributed by atoms with E-state index in [1.165, 1.54) is 12.8 Å². The fraction of sp³-hybridized carbons (Fsp3) is 0.800. The molecule has 1 heterocycles. The molecule has 12 heavy (non-hydrogen) atoms. The Balaban J connectivity index is 1.81. The van der Waals surface area contributed by atoms with Gasteiger partial charge in [-0.2, -0.15) is 0 Å². The van der Waals surface area contributed by atoms with Crippen LogP contribution >= 0.6 is 0 Å². The van der Waals surface area contributed by atoms with Crippen LogP contribution in [0.5, 0.6) is 0 Å². The van der Waals surface area contributed by atoms with Gasteiger partial charge in [-0.3, -0.25) is 4.90 Å². The third-order valence-electron chi connectivity index (χ3n) is 2.80. The van der Waals surface area contributed by atoms with Crippen molar-refractivity contribution < 1.29 is 0 Å². The number of nitrogens with one attached hydrogen (secondary N) is 1. The van der Waals surface area contributed by atoms with Gasteiger partial charge in [-0.05, 0) is 18.8 Å². The van der Waals surface area contributed by atoms with Gasteiger partial charge in [0.05, 0.1) is 6.54 Å². The summed E-state index contributed by atoms with van der Waals surface area (Å²) in [5.41, 5.74) is 0. The highest BCUT2D eigenvalue weighted by Crippen LogP contribution is 2.33. The second kappa shape index (κ2) is 3.47. The van der Waals surface area contributed by atoms with Crippen LogP contribution in [0.1, 0.15) is 12.8 Å². The van der Waals surface area contributed by atoms with Gasteiger partial charge in [-0.1, -0.05) is 5.92 Å². The van der Waals surface area contributed by atoms with E-state index in [0.29, 0.717) is 0 Å². The van der Waals surface area contributed by atoms with Gasteiger partial charge < -0.3 is 5.32 Å². The van der Waals surface area contributed by atoms with Gasteiger partial charge in [-0.25, -0.2) is 0 Å². The normalized spacial score (nSPS) is 31.4. The molecule has 2 aliphatic rings. The van der Waals surface area contributed by atoms with Gasteiger partial charge in [0.15, 0.2) is 0 Å².